The molecule has 0 saturated carbocycles. The molecule has 3 rings (SSSR count). The number of furan rings is 1. The number of rotatable bonds is 2. The van der Waals surface area contributed by atoms with Gasteiger partial charge in [-0.25, -0.2) is 0 Å². The zero-order chi connectivity index (χ0) is 15.9. The Morgan fingerprint density at radius 1 is 1.05 bits per heavy atom. The van der Waals surface area contributed by atoms with Gasteiger partial charge in [0.1, 0.15) is 11.3 Å². The first-order valence-electron chi connectivity index (χ1n) is 6.49. The molecule has 3 aromatic rings. The fourth-order valence-electron chi connectivity index (χ4n) is 2.44. The molecule has 2 nitrogen and oxygen atoms in total. The fourth-order valence-corrected chi connectivity index (χ4v) is 2.66. The van der Waals surface area contributed by atoms with E-state index in [0.29, 0.717) is 27.3 Å². The van der Waals surface area contributed by atoms with E-state index in [1.807, 2.05) is 0 Å². The van der Waals surface area contributed by atoms with Crippen molar-refractivity contribution in [1.82, 2.24) is 0 Å². The van der Waals surface area contributed by atoms with Gasteiger partial charge >= 0.3 is 6.18 Å². The van der Waals surface area contributed by atoms with Gasteiger partial charge in [0, 0.05) is 16.0 Å². The molecule has 0 aliphatic carbocycles. The topological polar surface area (TPSA) is 39.2 Å². The van der Waals surface area contributed by atoms with Crippen molar-refractivity contribution in [2.24, 2.45) is 5.73 Å². The van der Waals surface area contributed by atoms with Crippen LogP contribution in [0.15, 0.2) is 46.9 Å². The second kappa shape index (κ2) is 5.34. The standard InChI is InChI=1S/C16H11ClF3NO/c17-10-5-9-6-11(8-21)22-15(9)13(7-10)12-3-1-2-4-14(12)16(18,19)20/h1-7H,8,21H2. The summed E-state index contributed by atoms with van der Waals surface area (Å²) in [6.07, 6.45) is -4.46. The molecule has 1 heterocycles. The summed E-state index contributed by atoms with van der Waals surface area (Å²) in [7, 11) is 0. The summed E-state index contributed by atoms with van der Waals surface area (Å²) >= 11 is 6.04. The second-order valence-electron chi connectivity index (χ2n) is 4.83. The van der Waals surface area contributed by atoms with Crippen molar-refractivity contribution in [3.63, 3.8) is 0 Å². The molecule has 6 heteroatoms. The predicted octanol–water partition coefficient (Wildman–Crippen LogP) is 5.23. The van der Waals surface area contributed by atoms with Crippen molar-refractivity contribution in [3.8, 4) is 11.1 Å². The average Bonchev–Trinajstić information content (AvgIpc) is 2.88. The van der Waals surface area contributed by atoms with Crippen LogP contribution in [0.3, 0.4) is 0 Å². The van der Waals surface area contributed by atoms with Crippen LogP contribution in [0.4, 0.5) is 13.2 Å². The smallest absolute Gasteiger partial charge is 0.417 e. The summed E-state index contributed by atoms with van der Waals surface area (Å²) in [6, 6.07) is 10.1. The molecule has 2 aromatic carbocycles. The maximum Gasteiger partial charge on any atom is 0.417 e. The van der Waals surface area contributed by atoms with E-state index in [1.165, 1.54) is 18.2 Å². The maximum absolute atomic E-state index is 13.2. The van der Waals surface area contributed by atoms with Crippen molar-refractivity contribution < 1.29 is 17.6 Å². The molecule has 2 N–H and O–H groups in total. The zero-order valence-electron chi connectivity index (χ0n) is 11.2. The molecule has 0 fully saturated rings. The molecule has 0 unspecified atom stereocenters. The minimum absolute atomic E-state index is 0.0282. The molecule has 0 radical (unpaired) electrons. The van der Waals surface area contributed by atoms with Gasteiger partial charge in [0.25, 0.3) is 0 Å². The van der Waals surface area contributed by atoms with Crippen LogP contribution in [0, 0.1) is 0 Å². The lowest BCUT2D eigenvalue weighted by Crippen LogP contribution is -2.06. The quantitative estimate of drug-likeness (QED) is 0.700. The van der Waals surface area contributed by atoms with Gasteiger partial charge in [-0.1, -0.05) is 29.8 Å². The minimum Gasteiger partial charge on any atom is -0.459 e. The minimum atomic E-state index is -4.46. The van der Waals surface area contributed by atoms with E-state index in [-0.39, 0.29) is 12.1 Å². The summed E-state index contributed by atoms with van der Waals surface area (Å²) in [6.45, 7) is 0.159. The van der Waals surface area contributed by atoms with E-state index >= 15 is 0 Å². The van der Waals surface area contributed by atoms with E-state index in [1.54, 1.807) is 18.2 Å². The maximum atomic E-state index is 13.2. The molecule has 1 aromatic heterocycles. The van der Waals surface area contributed by atoms with Crippen molar-refractivity contribution >= 4 is 22.6 Å². The Bertz CT molecular complexity index is 839. The summed E-state index contributed by atoms with van der Waals surface area (Å²) in [5, 5.41) is 0.962. The summed E-state index contributed by atoms with van der Waals surface area (Å²) in [5.41, 5.74) is 5.48. The molecular weight excluding hydrogens is 315 g/mol. The van der Waals surface area contributed by atoms with Gasteiger partial charge in [0.05, 0.1) is 12.1 Å². The third-order valence-corrected chi connectivity index (χ3v) is 3.57. The third kappa shape index (κ3) is 2.58. The largest absolute Gasteiger partial charge is 0.459 e. The van der Waals surface area contributed by atoms with Gasteiger partial charge in [-0.15, -0.1) is 0 Å². The molecule has 0 bridgehead atoms. The van der Waals surface area contributed by atoms with Crippen LogP contribution < -0.4 is 5.73 Å². The normalized spacial score (nSPS) is 12.0. The molecule has 0 aliphatic heterocycles. The highest BCUT2D eigenvalue weighted by Gasteiger charge is 2.34. The molecule has 0 amide bonds. The Balaban J connectivity index is 2.33. The zero-order valence-corrected chi connectivity index (χ0v) is 12.0. The first-order chi connectivity index (χ1) is 10.4. The number of fused-ring (bicyclic) bond motifs is 1. The van der Waals surface area contributed by atoms with Crippen molar-refractivity contribution in [2.75, 3.05) is 0 Å². The lowest BCUT2D eigenvalue weighted by atomic mass is 9.98. The van der Waals surface area contributed by atoms with Crippen LogP contribution in [0.1, 0.15) is 11.3 Å². The number of hydrogen-bond donors (Lipinski definition) is 1. The average molecular weight is 326 g/mol. The van der Waals surface area contributed by atoms with Crippen LogP contribution in [-0.2, 0) is 12.7 Å². The third-order valence-electron chi connectivity index (χ3n) is 3.36. The lowest BCUT2D eigenvalue weighted by molar-refractivity contribution is -0.137. The molecule has 22 heavy (non-hydrogen) atoms. The number of hydrogen-bond acceptors (Lipinski definition) is 2. The van der Waals surface area contributed by atoms with E-state index in [2.05, 4.69) is 0 Å². The first-order valence-corrected chi connectivity index (χ1v) is 6.86. The van der Waals surface area contributed by atoms with Crippen LogP contribution in [0.5, 0.6) is 0 Å². The highest BCUT2D eigenvalue weighted by molar-refractivity contribution is 6.31. The summed E-state index contributed by atoms with van der Waals surface area (Å²) < 4.78 is 45.2. The summed E-state index contributed by atoms with van der Waals surface area (Å²) in [5.74, 6) is 0.489. The Morgan fingerprint density at radius 2 is 1.77 bits per heavy atom. The monoisotopic (exact) mass is 325 g/mol. The van der Waals surface area contributed by atoms with Gasteiger partial charge in [-0.2, -0.15) is 13.2 Å². The highest BCUT2D eigenvalue weighted by atomic mass is 35.5. The van der Waals surface area contributed by atoms with E-state index in [4.69, 9.17) is 21.8 Å². The van der Waals surface area contributed by atoms with E-state index < -0.39 is 11.7 Å². The van der Waals surface area contributed by atoms with Crippen LogP contribution in [0.25, 0.3) is 22.1 Å². The number of nitrogens with two attached hydrogens (primary N) is 1. The van der Waals surface area contributed by atoms with Gasteiger partial charge in [-0.3, -0.25) is 0 Å². The molecular formula is C16H11ClF3NO. The number of benzene rings is 2. The van der Waals surface area contributed by atoms with E-state index in [0.717, 1.165) is 6.07 Å². The Kier molecular flexibility index (Phi) is 3.62. The lowest BCUT2D eigenvalue weighted by Gasteiger charge is -2.13. The first kappa shape index (κ1) is 14.9. The molecule has 114 valence electrons. The van der Waals surface area contributed by atoms with Crippen LogP contribution >= 0.6 is 11.6 Å². The molecule has 0 atom stereocenters. The molecule has 0 saturated heterocycles. The number of halogens is 4. The Hall–Kier alpha value is -1.98. The number of alkyl halides is 3. The predicted molar refractivity (Wildman–Crippen MR) is 79.6 cm³/mol. The van der Waals surface area contributed by atoms with Crippen LogP contribution in [0.2, 0.25) is 5.02 Å². The van der Waals surface area contributed by atoms with Gasteiger partial charge < -0.3 is 10.2 Å². The van der Waals surface area contributed by atoms with Crippen molar-refractivity contribution in [1.29, 1.82) is 0 Å². The van der Waals surface area contributed by atoms with Crippen molar-refractivity contribution in [3.05, 3.63) is 58.8 Å². The summed E-state index contributed by atoms with van der Waals surface area (Å²) in [4.78, 5) is 0. The highest BCUT2D eigenvalue weighted by Crippen LogP contribution is 2.41. The van der Waals surface area contributed by atoms with Gasteiger partial charge in [0.2, 0.25) is 0 Å². The van der Waals surface area contributed by atoms with Gasteiger partial charge in [-0.05, 0) is 29.8 Å². The molecule has 0 aliphatic rings. The van der Waals surface area contributed by atoms with Crippen LogP contribution in [-0.4, -0.2) is 0 Å². The molecule has 0 spiro atoms. The SMILES string of the molecule is NCc1cc2cc(Cl)cc(-c3ccccc3C(F)(F)F)c2o1. The Labute approximate surface area is 129 Å². The van der Waals surface area contributed by atoms with E-state index in [9.17, 15) is 13.2 Å². The van der Waals surface area contributed by atoms with Gasteiger partial charge in [0.15, 0.2) is 0 Å². The fraction of sp³-hybridized carbons (Fsp3) is 0.125. The second-order valence-corrected chi connectivity index (χ2v) is 5.27. The Morgan fingerprint density at radius 3 is 2.45 bits per heavy atom. The van der Waals surface area contributed by atoms with Crippen molar-refractivity contribution in [2.45, 2.75) is 12.7 Å².